The van der Waals surface area contributed by atoms with E-state index in [1.165, 1.54) is 0 Å². The average molecular weight is 521 g/mol. The molecular weight excluding hydrogens is 484 g/mol. The lowest BCUT2D eigenvalue weighted by molar-refractivity contribution is 0.0947. The van der Waals surface area contributed by atoms with E-state index in [9.17, 15) is 9.59 Å². The molecule has 5 N–H and O–H groups in total. The topological polar surface area (TPSA) is 137 Å². The fourth-order valence-corrected chi connectivity index (χ4v) is 4.39. The molecule has 202 valence electrons. The second kappa shape index (κ2) is 13.5. The maximum atomic E-state index is 12.5. The van der Waals surface area contributed by atoms with Gasteiger partial charge in [0.1, 0.15) is 0 Å². The number of piperazine rings is 1. The Balaban J connectivity index is 1.33. The Bertz CT molecular complexity index is 1160. The molecular formula is C27H36N8O3. The van der Waals surface area contributed by atoms with E-state index in [1.54, 1.807) is 42.3 Å². The zero-order valence-corrected chi connectivity index (χ0v) is 21.8. The van der Waals surface area contributed by atoms with E-state index in [2.05, 4.69) is 30.8 Å². The van der Waals surface area contributed by atoms with Gasteiger partial charge in [0.2, 0.25) is 0 Å². The van der Waals surface area contributed by atoms with Gasteiger partial charge in [0.25, 0.3) is 5.91 Å². The molecule has 1 aromatic heterocycles. The third kappa shape index (κ3) is 7.53. The Hall–Kier alpha value is -3.96. The van der Waals surface area contributed by atoms with Crippen LogP contribution in [-0.2, 0) is 4.74 Å². The summed E-state index contributed by atoms with van der Waals surface area (Å²) in [5.41, 5.74) is 9.40. The molecule has 1 saturated heterocycles. The number of ether oxygens (including phenoxy) is 1. The highest BCUT2D eigenvalue weighted by Gasteiger charge is 2.20. The summed E-state index contributed by atoms with van der Waals surface area (Å²) in [6.45, 7) is 8.62. The molecule has 1 fully saturated rings. The summed E-state index contributed by atoms with van der Waals surface area (Å²) in [5, 5.41) is 9.37. The van der Waals surface area contributed by atoms with Crippen LogP contribution in [0.4, 0.5) is 16.3 Å². The van der Waals surface area contributed by atoms with E-state index in [1.807, 2.05) is 18.2 Å². The highest BCUT2D eigenvalue weighted by molar-refractivity contribution is 5.97. The maximum absolute atomic E-state index is 12.5. The lowest BCUT2D eigenvalue weighted by atomic mass is 10.0. The normalized spacial score (nSPS) is 16.5. The van der Waals surface area contributed by atoms with Crippen molar-refractivity contribution < 1.29 is 14.3 Å². The smallest absolute Gasteiger partial charge is 0.410 e. The molecule has 0 radical (unpaired) electrons. The Morgan fingerprint density at radius 2 is 1.95 bits per heavy atom. The second-order valence-corrected chi connectivity index (χ2v) is 9.05. The van der Waals surface area contributed by atoms with Crippen LogP contribution >= 0.6 is 0 Å². The molecule has 3 heterocycles. The van der Waals surface area contributed by atoms with Crippen LogP contribution in [0.2, 0.25) is 0 Å². The molecule has 4 rings (SSSR count). The number of pyridine rings is 1. The van der Waals surface area contributed by atoms with Crippen LogP contribution in [0.25, 0.3) is 5.57 Å². The first kappa shape index (κ1) is 27.1. The summed E-state index contributed by atoms with van der Waals surface area (Å²) in [4.78, 5) is 37.4. The van der Waals surface area contributed by atoms with Gasteiger partial charge in [0, 0.05) is 75.4 Å². The molecule has 0 aliphatic carbocycles. The third-order valence-corrected chi connectivity index (χ3v) is 6.44. The second-order valence-electron chi connectivity index (χ2n) is 9.05. The highest BCUT2D eigenvalue weighted by Crippen LogP contribution is 2.29. The molecule has 11 nitrogen and oxygen atoms in total. The van der Waals surface area contributed by atoms with Crippen molar-refractivity contribution in [2.45, 2.75) is 13.3 Å². The number of benzene rings is 1. The molecule has 2 aliphatic rings. The number of aliphatic imine (C=N–C) groups is 1. The molecule has 0 bridgehead atoms. The number of nitrogens with one attached hydrogen (secondary N) is 3. The first-order valence-corrected chi connectivity index (χ1v) is 13.0. The van der Waals surface area contributed by atoms with Crippen molar-refractivity contribution in [3.63, 3.8) is 0 Å². The minimum atomic E-state index is -0.306. The van der Waals surface area contributed by atoms with Crippen molar-refractivity contribution in [2.75, 3.05) is 64.3 Å². The minimum absolute atomic E-state index is 0.103. The number of anilines is 1. The van der Waals surface area contributed by atoms with E-state index < -0.39 is 0 Å². The molecule has 0 saturated carbocycles. The average Bonchev–Trinajstić information content (AvgIpc) is 2.94. The fraction of sp³-hybridized carbons (Fsp3) is 0.407. The number of amides is 2. The van der Waals surface area contributed by atoms with Crippen molar-refractivity contribution in [3.05, 3.63) is 59.8 Å². The minimum Gasteiger partial charge on any atom is -0.450 e. The van der Waals surface area contributed by atoms with Gasteiger partial charge in [-0.25, -0.2) is 9.78 Å². The van der Waals surface area contributed by atoms with Crippen LogP contribution in [-0.4, -0.2) is 91.7 Å². The fourth-order valence-electron chi connectivity index (χ4n) is 4.39. The number of aromatic nitrogens is 1. The zero-order chi connectivity index (χ0) is 26.7. The van der Waals surface area contributed by atoms with Crippen molar-refractivity contribution in [2.24, 2.45) is 10.7 Å². The number of nitrogens with two attached hydrogens (primary N) is 1. The largest absolute Gasteiger partial charge is 0.450 e. The quantitative estimate of drug-likeness (QED) is 0.307. The van der Waals surface area contributed by atoms with Crippen LogP contribution in [0.3, 0.4) is 0 Å². The Kier molecular flexibility index (Phi) is 9.65. The molecule has 0 unspecified atom stereocenters. The third-order valence-electron chi connectivity index (χ3n) is 6.44. The maximum Gasteiger partial charge on any atom is 0.410 e. The number of carbonyl (C=O) groups excluding carboxylic acids is 2. The van der Waals surface area contributed by atoms with Crippen LogP contribution < -0.4 is 21.7 Å². The van der Waals surface area contributed by atoms with E-state index in [0.717, 1.165) is 43.9 Å². The lowest BCUT2D eigenvalue weighted by Gasteiger charge is -2.27. The van der Waals surface area contributed by atoms with Gasteiger partial charge < -0.3 is 31.3 Å². The molecule has 0 spiro atoms. The number of hydrogen-bond acceptors (Lipinski definition) is 7. The first-order chi connectivity index (χ1) is 18.5. The highest BCUT2D eigenvalue weighted by atomic mass is 16.6. The summed E-state index contributed by atoms with van der Waals surface area (Å²) in [5.74, 6) is 0.574. The predicted molar refractivity (Wildman–Crippen MR) is 148 cm³/mol. The first-order valence-electron chi connectivity index (χ1n) is 13.0. The SMILES string of the molecule is CCOC(=O)N1CC=C(c2cccnc2N=C(N)Nc2ccc(C(=O)NCCN3CCNCC3)cc2)CC1. The van der Waals surface area contributed by atoms with Gasteiger partial charge in [-0.2, -0.15) is 4.99 Å². The van der Waals surface area contributed by atoms with Gasteiger partial charge in [0.05, 0.1) is 6.61 Å². The molecule has 38 heavy (non-hydrogen) atoms. The van der Waals surface area contributed by atoms with Crippen LogP contribution in [0.5, 0.6) is 0 Å². The molecule has 1 aromatic carbocycles. The van der Waals surface area contributed by atoms with Gasteiger partial charge in [-0.3, -0.25) is 9.69 Å². The molecule has 2 aliphatic heterocycles. The molecule has 11 heteroatoms. The van der Waals surface area contributed by atoms with Gasteiger partial charge in [-0.15, -0.1) is 0 Å². The summed E-state index contributed by atoms with van der Waals surface area (Å²) in [6, 6.07) is 10.9. The summed E-state index contributed by atoms with van der Waals surface area (Å²) in [6.07, 6.45) is 4.02. The lowest BCUT2D eigenvalue weighted by Crippen LogP contribution is -2.46. The summed E-state index contributed by atoms with van der Waals surface area (Å²) in [7, 11) is 0. The van der Waals surface area contributed by atoms with Crippen molar-refractivity contribution in [3.8, 4) is 0 Å². The number of rotatable bonds is 8. The monoisotopic (exact) mass is 520 g/mol. The number of hydrogen-bond donors (Lipinski definition) is 4. The Labute approximate surface area is 223 Å². The molecule has 2 aromatic rings. The molecule has 2 amide bonds. The standard InChI is InChI=1S/C27H36N8O3/c1-2-38-27(37)35-15-9-20(10-16-35)23-4-3-11-30-24(23)33-26(28)32-22-7-5-21(6-8-22)25(36)31-14-19-34-17-12-29-13-18-34/h3-9,11,29H,2,10,12-19H2,1H3,(H,31,36)(H3,28,30,32,33). The summed E-state index contributed by atoms with van der Waals surface area (Å²) >= 11 is 0. The molecule has 0 atom stereocenters. The van der Waals surface area contributed by atoms with Crippen LogP contribution in [0, 0.1) is 0 Å². The van der Waals surface area contributed by atoms with E-state index >= 15 is 0 Å². The van der Waals surface area contributed by atoms with Gasteiger partial charge in [-0.1, -0.05) is 6.08 Å². The number of nitrogens with zero attached hydrogens (tertiary/aromatic N) is 4. The predicted octanol–water partition coefficient (Wildman–Crippen LogP) is 2.02. The van der Waals surface area contributed by atoms with Crippen LogP contribution in [0.15, 0.2) is 53.7 Å². The van der Waals surface area contributed by atoms with Gasteiger partial charge >= 0.3 is 6.09 Å². The van der Waals surface area contributed by atoms with Crippen molar-refractivity contribution in [1.82, 2.24) is 25.4 Å². The van der Waals surface area contributed by atoms with Crippen molar-refractivity contribution in [1.29, 1.82) is 0 Å². The number of guanidine groups is 1. The van der Waals surface area contributed by atoms with E-state index in [-0.39, 0.29) is 18.0 Å². The number of carbonyl (C=O) groups is 2. The zero-order valence-electron chi connectivity index (χ0n) is 21.8. The van der Waals surface area contributed by atoms with Crippen LogP contribution in [0.1, 0.15) is 29.3 Å². The Morgan fingerprint density at radius 3 is 2.66 bits per heavy atom. The van der Waals surface area contributed by atoms with Gasteiger partial charge in [0.15, 0.2) is 11.8 Å². The van der Waals surface area contributed by atoms with Gasteiger partial charge in [-0.05, 0) is 55.3 Å². The van der Waals surface area contributed by atoms with Crippen molar-refractivity contribution >= 4 is 35.0 Å². The van der Waals surface area contributed by atoms with E-state index in [0.29, 0.717) is 49.7 Å². The summed E-state index contributed by atoms with van der Waals surface area (Å²) < 4.78 is 5.09. The Morgan fingerprint density at radius 1 is 1.16 bits per heavy atom. The van der Waals surface area contributed by atoms with E-state index in [4.69, 9.17) is 10.5 Å².